The Labute approximate surface area is 123 Å². The van der Waals surface area contributed by atoms with Crippen LogP contribution in [0.15, 0.2) is 29.3 Å². The normalized spacial score (nSPS) is 11.5. The highest BCUT2D eigenvalue weighted by atomic mass is 35.5. The highest BCUT2D eigenvalue weighted by Crippen LogP contribution is 2.28. The molecule has 0 atom stereocenters. The van der Waals surface area contributed by atoms with Crippen molar-refractivity contribution in [3.05, 3.63) is 52.6 Å². The van der Waals surface area contributed by atoms with E-state index < -0.39 is 32.4 Å². The smallest absolute Gasteiger partial charge is 0.267 e. The van der Waals surface area contributed by atoms with Gasteiger partial charge in [-0.3, -0.25) is 4.72 Å². The lowest BCUT2D eigenvalue weighted by molar-refractivity contribution is 0.498. The minimum absolute atomic E-state index is 0.109. The summed E-state index contributed by atoms with van der Waals surface area (Å²) in [5, 5.41) is -0.179. The molecule has 9 heteroatoms. The first-order chi connectivity index (χ1) is 9.72. The van der Waals surface area contributed by atoms with E-state index in [2.05, 4.69) is 4.98 Å². The van der Waals surface area contributed by atoms with Gasteiger partial charge in [0.05, 0.1) is 5.69 Å². The zero-order valence-electron chi connectivity index (χ0n) is 10.5. The van der Waals surface area contributed by atoms with Gasteiger partial charge in [-0.2, -0.15) is 0 Å². The molecular weight excluding hydrogens is 329 g/mol. The van der Waals surface area contributed by atoms with Crippen molar-refractivity contribution in [3.8, 4) is 0 Å². The van der Waals surface area contributed by atoms with Gasteiger partial charge in [0, 0.05) is 18.3 Å². The zero-order valence-corrected chi connectivity index (χ0v) is 12.1. The van der Waals surface area contributed by atoms with E-state index in [-0.39, 0.29) is 23.0 Å². The molecule has 21 heavy (non-hydrogen) atoms. The number of halogens is 4. The molecule has 0 amide bonds. The van der Waals surface area contributed by atoms with Crippen molar-refractivity contribution in [1.82, 2.24) is 4.98 Å². The van der Waals surface area contributed by atoms with Gasteiger partial charge < -0.3 is 0 Å². The van der Waals surface area contributed by atoms with E-state index in [1.54, 1.807) is 0 Å². The summed E-state index contributed by atoms with van der Waals surface area (Å²) in [5.74, 6) is -4.31. The number of nitrogens with one attached hydrogen (secondary N) is 1. The number of rotatable bonds is 3. The number of aromatic nitrogens is 1. The Balaban J connectivity index is 2.54. The first-order valence-corrected chi connectivity index (χ1v) is 7.37. The summed E-state index contributed by atoms with van der Waals surface area (Å²) >= 11 is 5.74. The van der Waals surface area contributed by atoms with Crippen LogP contribution >= 0.6 is 11.6 Å². The number of anilines is 1. The lowest BCUT2D eigenvalue weighted by atomic mass is 10.3. The van der Waals surface area contributed by atoms with Gasteiger partial charge in [0.1, 0.15) is 17.5 Å². The van der Waals surface area contributed by atoms with Crippen LogP contribution < -0.4 is 4.72 Å². The van der Waals surface area contributed by atoms with E-state index in [9.17, 15) is 21.6 Å². The van der Waals surface area contributed by atoms with Gasteiger partial charge in [-0.05, 0) is 18.6 Å². The molecule has 0 saturated heterocycles. The molecule has 1 N–H and O–H groups in total. The zero-order chi connectivity index (χ0) is 15.8. The monoisotopic (exact) mass is 336 g/mol. The Bertz CT molecular complexity index is 769. The second-order valence-corrected chi connectivity index (χ2v) is 6.07. The van der Waals surface area contributed by atoms with Gasteiger partial charge in [-0.15, -0.1) is 0 Å². The van der Waals surface area contributed by atoms with Crippen LogP contribution in [0.3, 0.4) is 0 Å². The predicted molar refractivity (Wildman–Crippen MR) is 71.1 cm³/mol. The van der Waals surface area contributed by atoms with E-state index in [0.29, 0.717) is 5.56 Å². The molecule has 2 aromatic rings. The molecule has 0 saturated carbocycles. The van der Waals surface area contributed by atoms with Gasteiger partial charge in [0.25, 0.3) is 10.0 Å². The van der Waals surface area contributed by atoms with Crippen LogP contribution in [0, 0.1) is 24.4 Å². The summed E-state index contributed by atoms with van der Waals surface area (Å²) < 4.78 is 66.0. The fourth-order valence-electron chi connectivity index (χ4n) is 1.62. The average Bonchev–Trinajstić information content (AvgIpc) is 2.32. The first-order valence-electron chi connectivity index (χ1n) is 5.51. The highest BCUT2D eigenvalue weighted by Gasteiger charge is 2.26. The molecular formula is C12H8ClF3N2O2S. The maximum atomic E-state index is 13.6. The summed E-state index contributed by atoms with van der Waals surface area (Å²) in [7, 11) is -4.63. The number of nitrogens with zero attached hydrogens (tertiary/aromatic N) is 1. The Morgan fingerprint density at radius 1 is 1.19 bits per heavy atom. The van der Waals surface area contributed by atoms with Crippen molar-refractivity contribution in [2.45, 2.75) is 11.8 Å². The Hall–Kier alpha value is -1.80. The lowest BCUT2D eigenvalue weighted by Gasteiger charge is -2.12. The van der Waals surface area contributed by atoms with Crippen LogP contribution in [0.1, 0.15) is 5.56 Å². The molecule has 0 aliphatic carbocycles. The van der Waals surface area contributed by atoms with Crippen LogP contribution in [0.25, 0.3) is 0 Å². The van der Waals surface area contributed by atoms with Gasteiger partial charge >= 0.3 is 0 Å². The maximum Gasteiger partial charge on any atom is 0.267 e. The second kappa shape index (κ2) is 5.53. The fraction of sp³-hybridized carbons (Fsp3) is 0.0833. The van der Waals surface area contributed by atoms with Crippen molar-refractivity contribution >= 4 is 27.3 Å². The Kier molecular flexibility index (Phi) is 4.11. The van der Waals surface area contributed by atoms with Crippen LogP contribution in [0.5, 0.6) is 0 Å². The molecule has 0 unspecified atom stereocenters. The molecule has 1 aromatic heterocycles. The van der Waals surface area contributed by atoms with Gasteiger partial charge in [-0.1, -0.05) is 11.6 Å². The minimum Gasteiger partial charge on any atom is -0.276 e. The molecule has 0 aliphatic rings. The number of hydrogen-bond donors (Lipinski definition) is 1. The van der Waals surface area contributed by atoms with E-state index in [1.165, 1.54) is 19.2 Å². The summed E-state index contributed by atoms with van der Waals surface area (Å²) in [5.41, 5.74) is 0.295. The summed E-state index contributed by atoms with van der Waals surface area (Å²) in [6, 6.07) is 2.01. The number of sulfonamides is 1. The molecule has 0 radical (unpaired) electrons. The lowest BCUT2D eigenvalue weighted by Crippen LogP contribution is -2.18. The second-order valence-electron chi connectivity index (χ2n) is 4.10. The molecule has 0 aliphatic heterocycles. The molecule has 0 bridgehead atoms. The van der Waals surface area contributed by atoms with E-state index in [1.807, 2.05) is 4.72 Å². The number of pyridine rings is 1. The summed E-state index contributed by atoms with van der Waals surface area (Å²) in [4.78, 5) is 2.38. The van der Waals surface area contributed by atoms with E-state index in [0.717, 1.165) is 0 Å². The van der Waals surface area contributed by atoms with Crippen LogP contribution in [-0.4, -0.2) is 13.4 Å². The van der Waals surface area contributed by atoms with Gasteiger partial charge in [0.15, 0.2) is 10.0 Å². The maximum absolute atomic E-state index is 13.6. The summed E-state index contributed by atoms with van der Waals surface area (Å²) in [6.07, 6.45) is 1.34. The van der Waals surface area contributed by atoms with E-state index >= 15 is 0 Å². The van der Waals surface area contributed by atoms with E-state index in [4.69, 9.17) is 11.6 Å². The van der Waals surface area contributed by atoms with Crippen molar-refractivity contribution in [1.29, 1.82) is 0 Å². The molecule has 1 heterocycles. The number of hydrogen-bond acceptors (Lipinski definition) is 3. The number of aryl methyl sites for hydroxylation is 1. The van der Waals surface area contributed by atoms with Crippen molar-refractivity contribution in [2.75, 3.05) is 4.72 Å². The quantitative estimate of drug-likeness (QED) is 0.875. The third-order valence-electron chi connectivity index (χ3n) is 2.58. The standard InChI is InChI=1S/C12H8ClF3N2O2S/c1-6-2-3-17-12(13)10(6)18-21(19,20)11-8(15)4-7(14)5-9(11)16/h2-5,18H,1H3. The third-order valence-corrected chi connectivity index (χ3v) is 4.27. The fourth-order valence-corrected chi connectivity index (χ4v) is 3.19. The molecule has 4 nitrogen and oxygen atoms in total. The van der Waals surface area contributed by atoms with Crippen molar-refractivity contribution < 1.29 is 21.6 Å². The minimum atomic E-state index is -4.63. The largest absolute Gasteiger partial charge is 0.276 e. The predicted octanol–water partition coefficient (Wildman–Crippen LogP) is 3.26. The van der Waals surface area contributed by atoms with Crippen LogP contribution in [0.2, 0.25) is 5.15 Å². The van der Waals surface area contributed by atoms with Crippen LogP contribution in [-0.2, 0) is 10.0 Å². The molecule has 0 fully saturated rings. The van der Waals surface area contributed by atoms with Crippen LogP contribution in [0.4, 0.5) is 18.9 Å². The number of benzene rings is 1. The SMILES string of the molecule is Cc1ccnc(Cl)c1NS(=O)(=O)c1c(F)cc(F)cc1F. The molecule has 112 valence electrons. The summed E-state index contributed by atoms with van der Waals surface area (Å²) in [6.45, 7) is 1.53. The highest BCUT2D eigenvalue weighted by molar-refractivity contribution is 7.92. The molecule has 1 aromatic carbocycles. The Morgan fingerprint density at radius 2 is 1.76 bits per heavy atom. The topological polar surface area (TPSA) is 59.1 Å². The molecule has 0 spiro atoms. The van der Waals surface area contributed by atoms with Crippen molar-refractivity contribution in [3.63, 3.8) is 0 Å². The molecule has 2 rings (SSSR count). The average molecular weight is 337 g/mol. The van der Waals surface area contributed by atoms with Crippen molar-refractivity contribution in [2.24, 2.45) is 0 Å². The third kappa shape index (κ3) is 3.11. The Morgan fingerprint density at radius 3 is 2.29 bits per heavy atom. The van der Waals surface area contributed by atoms with Gasteiger partial charge in [-0.25, -0.2) is 26.6 Å². The first kappa shape index (κ1) is 15.6. The van der Waals surface area contributed by atoms with Gasteiger partial charge in [0.2, 0.25) is 0 Å².